The fourth-order valence-electron chi connectivity index (χ4n) is 3.84. The lowest BCUT2D eigenvalue weighted by molar-refractivity contribution is -0.114. The van der Waals surface area contributed by atoms with Crippen LogP contribution in [0.1, 0.15) is 23.6 Å². The normalized spacial score (nSPS) is 12.8. The number of benzene rings is 3. The highest BCUT2D eigenvalue weighted by Crippen LogP contribution is 2.38. The Hall–Kier alpha value is -3.46. The van der Waals surface area contributed by atoms with Crippen LogP contribution >= 0.6 is 23.2 Å². The average Bonchev–Trinajstić information content (AvgIpc) is 3.27. The molecule has 3 aromatic rings. The van der Waals surface area contributed by atoms with Crippen LogP contribution < -0.4 is 14.4 Å². The molecule has 0 unspecified atom stereocenters. The predicted octanol–water partition coefficient (Wildman–Crippen LogP) is 6.47. The standard InChI is InChI=1S/C27H22Cl2N2O3/c1-2-33-25-15-18(14-23(29)26(25)34-17-20-8-3-5-9-22(20)28)13-21(16-30)27(32)31-12-11-19-7-4-6-10-24(19)31/h3-10,13-15H,2,11-12,17H2,1H3. The van der Waals surface area contributed by atoms with Gasteiger partial charge in [-0.15, -0.1) is 0 Å². The zero-order valence-corrected chi connectivity index (χ0v) is 20.1. The van der Waals surface area contributed by atoms with Crippen molar-refractivity contribution in [1.29, 1.82) is 5.26 Å². The molecule has 5 nitrogen and oxygen atoms in total. The van der Waals surface area contributed by atoms with Gasteiger partial charge in [-0.3, -0.25) is 4.79 Å². The SMILES string of the molecule is CCOc1cc(C=C(C#N)C(=O)N2CCc3ccccc32)cc(Cl)c1OCc1ccccc1Cl. The van der Waals surface area contributed by atoms with Crippen LogP contribution in [0.2, 0.25) is 10.0 Å². The Morgan fingerprint density at radius 3 is 2.62 bits per heavy atom. The minimum absolute atomic E-state index is 0.0138. The lowest BCUT2D eigenvalue weighted by Crippen LogP contribution is -2.29. The number of nitrogens with zero attached hydrogens (tertiary/aromatic N) is 2. The summed E-state index contributed by atoms with van der Waals surface area (Å²) in [5.41, 5.74) is 3.32. The number of rotatable bonds is 7. The maximum absolute atomic E-state index is 13.1. The smallest absolute Gasteiger partial charge is 0.268 e. The topological polar surface area (TPSA) is 62.6 Å². The van der Waals surface area contributed by atoms with Crippen molar-refractivity contribution in [2.75, 3.05) is 18.1 Å². The second kappa shape index (κ2) is 10.6. The van der Waals surface area contributed by atoms with E-state index < -0.39 is 0 Å². The van der Waals surface area contributed by atoms with Crippen molar-refractivity contribution in [2.45, 2.75) is 20.0 Å². The number of hydrogen-bond acceptors (Lipinski definition) is 4. The summed E-state index contributed by atoms with van der Waals surface area (Å²) in [7, 11) is 0. The molecule has 0 saturated carbocycles. The summed E-state index contributed by atoms with van der Waals surface area (Å²) in [6.45, 7) is 2.99. The van der Waals surface area contributed by atoms with Crippen LogP contribution in [0.4, 0.5) is 5.69 Å². The van der Waals surface area contributed by atoms with Gasteiger partial charge in [-0.25, -0.2) is 0 Å². The van der Waals surface area contributed by atoms with Gasteiger partial charge in [0.05, 0.1) is 11.6 Å². The summed E-state index contributed by atoms with van der Waals surface area (Å²) >= 11 is 12.8. The van der Waals surface area contributed by atoms with E-state index in [4.69, 9.17) is 32.7 Å². The molecule has 0 aliphatic carbocycles. The highest BCUT2D eigenvalue weighted by molar-refractivity contribution is 6.32. The Kier molecular flexibility index (Phi) is 7.42. The molecule has 1 amide bonds. The molecular weight excluding hydrogens is 471 g/mol. The first-order valence-corrected chi connectivity index (χ1v) is 11.6. The Morgan fingerprint density at radius 1 is 1.09 bits per heavy atom. The number of hydrogen-bond donors (Lipinski definition) is 0. The molecule has 1 heterocycles. The van der Waals surface area contributed by atoms with Gasteiger partial charge < -0.3 is 14.4 Å². The second-order valence-corrected chi connectivity index (χ2v) is 8.46. The molecule has 1 aliphatic rings. The van der Waals surface area contributed by atoms with Crippen LogP contribution in [-0.2, 0) is 17.8 Å². The second-order valence-electron chi connectivity index (χ2n) is 7.65. The molecule has 0 radical (unpaired) electrons. The van der Waals surface area contributed by atoms with Gasteiger partial charge in [0.1, 0.15) is 18.2 Å². The molecule has 1 aliphatic heterocycles. The summed E-state index contributed by atoms with van der Waals surface area (Å²) in [5, 5.41) is 10.6. The number of carbonyl (C=O) groups is 1. The number of fused-ring (bicyclic) bond motifs is 1. The van der Waals surface area contributed by atoms with Gasteiger partial charge in [0.25, 0.3) is 5.91 Å². The molecule has 0 bridgehead atoms. The lowest BCUT2D eigenvalue weighted by atomic mass is 10.1. The third-order valence-electron chi connectivity index (χ3n) is 5.46. The largest absolute Gasteiger partial charge is 0.490 e. The van der Waals surface area contributed by atoms with E-state index in [9.17, 15) is 10.1 Å². The fourth-order valence-corrected chi connectivity index (χ4v) is 4.31. The Bertz CT molecular complexity index is 1300. The molecular formula is C27H22Cl2N2O3. The third kappa shape index (κ3) is 5.04. The van der Waals surface area contributed by atoms with Crippen molar-refractivity contribution >= 4 is 40.9 Å². The van der Waals surface area contributed by atoms with Gasteiger partial charge >= 0.3 is 0 Å². The molecule has 0 N–H and O–H groups in total. The molecule has 34 heavy (non-hydrogen) atoms. The molecule has 0 spiro atoms. The minimum atomic E-state index is -0.347. The van der Waals surface area contributed by atoms with Crippen LogP contribution in [0.15, 0.2) is 66.2 Å². The number of anilines is 1. The average molecular weight is 493 g/mol. The van der Waals surface area contributed by atoms with E-state index in [2.05, 4.69) is 0 Å². The quantitative estimate of drug-likeness (QED) is 0.280. The van der Waals surface area contributed by atoms with Gasteiger partial charge in [-0.2, -0.15) is 5.26 Å². The monoisotopic (exact) mass is 492 g/mol. The summed E-state index contributed by atoms with van der Waals surface area (Å²) in [5.74, 6) is 0.448. The van der Waals surface area contributed by atoms with E-state index in [1.165, 1.54) is 6.08 Å². The van der Waals surface area contributed by atoms with E-state index in [-0.39, 0.29) is 18.1 Å². The zero-order chi connectivity index (χ0) is 24.1. The summed E-state index contributed by atoms with van der Waals surface area (Å²) in [4.78, 5) is 14.8. The maximum atomic E-state index is 13.1. The van der Waals surface area contributed by atoms with Crippen molar-refractivity contribution in [3.63, 3.8) is 0 Å². The number of carbonyl (C=O) groups excluding carboxylic acids is 1. The molecule has 0 atom stereocenters. The van der Waals surface area contributed by atoms with Crippen molar-refractivity contribution in [2.24, 2.45) is 0 Å². The van der Waals surface area contributed by atoms with Crippen molar-refractivity contribution in [1.82, 2.24) is 0 Å². The van der Waals surface area contributed by atoms with E-state index in [0.29, 0.717) is 40.3 Å². The third-order valence-corrected chi connectivity index (χ3v) is 6.11. The van der Waals surface area contributed by atoms with Gasteiger partial charge in [0.2, 0.25) is 0 Å². The Labute approximate surface area is 208 Å². The molecule has 4 rings (SSSR count). The number of para-hydroxylation sites is 1. The van der Waals surface area contributed by atoms with Crippen LogP contribution in [0.5, 0.6) is 11.5 Å². The van der Waals surface area contributed by atoms with E-state index in [1.807, 2.05) is 55.5 Å². The first-order valence-electron chi connectivity index (χ1n) is 10.9. The first-order chi connectivity index (χ1) is 16.5. The number of nitriles is 1. The predicted molar refractivity (Wildman–Crippen MR) is 134 cm³/mol. The molecule has 0 fully saturated rings. The van der Waals surface area contributed by atoms with Gasteiger partial charge in [0, 0.05) is 22.8 Å². The highest BCUT2D eigenvalue weighted by atomic mass is 35.5. The van der Waals surface area contributed by atoms with E-state index >= 15 is 0 Å². The van der Waals surface area contributed by atoms with Crippen molar-refractivity contribution in [3.05, 3.63) is 93.0 Å². The summed E-state index contributed by atoms with van der Waals surface area (Å²) < 4.78 is 11.7. The molecule has 7 heteroatoms. The van der Waals surface area contributed by atoms with Crippen LogP contribution in [0.3, 0.4) is 0 Å². The number of halogens is 2. The van der Waals surface area contributed by atoms with Gasteiger partial charge in [-0.1, -0.05) is 59.6 Å². The minimum Gasteiger partial charge on any atom is -0.490 e. The van der Waals surface area contributed by atoms with Gasteiger partial charge in [-0.05, 0) is 54.8 Å². The van der Waals surface area contributed by atoms with Crippen LogP contribution in [-0.4, -0.2) is 19.1 Å². The van der Waals surface area contributed by atoms with E-state index in [0.717, 1.165) is 23.2 Å². The maximum Gasteiger partial charge on any atom is 0.268 e. The Balaban J connectivity index is 1.61. The zero-order valence-electron chi connectivity index (χ0n) is 18.6. The first kappa shape index (κ1) is 23.7. The van der Waals surface area contributed by atoms with Crippen LogP contribution in [0.25, 0.3) is 6.08 Å². The summed E-state index contributed by atoms with van der Waals surface area (Å²) in [6, 6.07) is 20.5. The molecule has 172 valence electrons. The van der Waals surface area contributed by atoms with E-state index in [1.54, 1.807) is 23.1 Å². The lowest BCUT2D eigenvalue weighted by Gasteiger charge is -2.17. The Morgan fingerprint density at radius 2 is 1.85 bits per heavy atom. The van der Waals surface area contributed by atoms with Crippen molar-refractivity contribution < 1.29 is 14.3 Å². The fraction of sp³-hybridized carbons (Fsp3) is 0.185. The summed E-state index contributed by atoms with van der Waals surface area (Å²) in [6.07, 6.45) is 2.29. The van der Waals surface area contributed by atoms with Crippen molar-refractivity contribution in [3.8, 4) is 17.6 Å². The number of amides is 1. The highest BCUT2D eigenvalue weighted by Gasteiger charge is 2.26. The van der Waals surface area contributed by atoms with Gasteiger partial charge in [0.15, 0.2) is 11.5 Å². The van der Waals surface area contributed by atoms with Crippen LogP contribution in [0, 0.1) is 11.3 Å². The molecule has 0 aromatic heterocycles. The molecule has 3 aromatic carbocycles. The number of ether oxygens (including phenoxy) is 2. The molecule has 0 saturated heterocycles.